The van der Waals surface area contributed by atoms with E-state index in [-0.39, 0.29) is 18.5 Å². The molecule has 0 aromatic heterocycles. The Labute approximate surface area is 208 Å². The number of carbonyl (C=O) groups excluding carboxylic acids is 1. The Morgan fingerprint density at radius 2 is 1.71 bits per heavy atom. The van der Waals surface area contributed by atoms with Crippen molar-refractivity contribution in [2.24, 2.45) is 0 Å². The van der Waals surface area contributed by atoms with Crippen LogP contribution in [-0.4, -0.2) is 29.7 Å². The Kier molecular flexibility index (Phi) is 10.8. The van der Waals surface area contributed by atoms with E-state index in [0.717, 1.165) is 53.3 Å². The van der Waals surface area contributed by atoms with Crippen molar-refractivity contribution in [2.45, 2.75) is 93.4 Å². The van der Waals surface area contributed by atoms with E-state index in [9.17, 15) is 9.59 Å². The van der Waals surface area contributed by atoms with Gasteiger partial charge in [-0.1, -0.05) is 75.8 Å². The van der Waals surface area contributed by atoms with Gasteiger partial charge in [0.2, 0.25) is 0 Å². The second-order valence-electron chi connectivity index (χ2n) is 9.16. The summed E-state index contributed by atoms with van der Waals surface area (Å²) in [6.45, 7) is 2.94. The van der Waals surface area contributed by atoms with E-state index in [2.05, 4.69) is 12.2 Å². The first-order valence-corrected chi connectivity index (χ1v) is 13.5. The molecule has 0 spiro atoms. The Morgan fingerprint density at radius 1 is 0.971 bits per heavy atom. The van der Waals surface area contributed by atoms with Crippen molar-refractivity contribution in [3.8, 4) is 0 Å². The van der Waals surface area contributed by atoms with Gasteiger partial charge in [0.15, 0.2) is 0 Å². The van der Waals surface area contributed by atoms with Gasteiger partial charge in [-0.05, 0) is 61.2 Å². The van der Waals surface area contributed by atoms with Crippen LogP contribution in [0.1, 0.15) is 76.7 Å². The van der Waals surface area contributed by atoms with Crippen LogP contribution in [0.4, 0.5) is 10.5 Å². The second kappa shape index (κ2) is 14.1. The zero-order valence-corrected chi connectivity index (χ0v) is 21.1. The molecule has 3 rings (SSSR count). The molecule has 184 valence electrons. The van der Waals surface area contributed by atoms with E-state index >= 15 is 0 Å². The molecule has 5 nitrogen and oxygen atoms in total. The van der Waals surface area contributed by atoms with Crippen molar-refractivity contribution in [1.29, 1.82) is 0 Å². The van der Waals surface area contributed by atoms with E-state index in [4.69, 9.17) is 5.11 Å². The third-order valence-electron chi connectivity index (χ3n) is 6.30. The maximum atomic E-state index is 13.2. The summed E-state index contributed by atoms with van der Waals surface area (Å²) in [4.78, 5) is 28.2. The van der Waals surface area contributed by atoms with Gasteiger partial charge in [-0.25, -0.2) is 4.79 Å². The lowest BCUT2D eigenvalue weighted by Gasteiger charge is -2.28. The van der Waals surface area contributed by atoms with Crippen LogP contribution < -0.4 is 10.2 Å². The summed E-state index contributed by atoms with van der Waals surface area (Å²) in [6.07, 6.45) is 11.7. The molecule has 0 atom stereocenters. The van der Waals surface area contributed by atoms with Crippen LogP contribution in [0.3, 0.4) is 0 Å². The van der Waals surface area contributed by atoms with Gasteiger partial charge in [0.05, 0.1) is 6.42 Å². The Balaban J connectivity index is 1.66. The van der Waals surface area contributed by atoms with Crippen LogP contribution in [0.25, 0.3) is 0 Å². The monoisotopic (exact) mass is 482 g/mol. The van der Waals surface area contributed by atoms with Gasteiger partial charge in [-0.2, -0.15) is 0 Å². The fourth-order valence-corrected chi connectivity index (χ4v) is 5.35. The minimum absolute atomic E-state index is 0.0177. The second-order valence-corrected chi connectivity index (χ2v) is 10.3. The largest absolute Gasteiger partial charge is 0.481 e. The molecule has 2 aromatic carbocycles. The molecule has 2 amide bonds. The highest BCUT2D eigenvalue weighted by Crippen LogP contribution is 2.30. The van der Waals surface area contributed by atoms with Gasteiger partial charge >= 0.3 is 12.0 Å². The number of hydrogen-bond donors (Lipinski definition) is 2. The molecule has 1 aliphatic carbocycles. The van der Waals surface area contributed by atoms with Crippen molar-refractivity contribution >= 4 is 29.4 Å². The molecule has 6 heteroatoms. The third-order valence-corrected chi connectivity index (χ3v) is 7.30. The summed E-state index contributed by atoms with van der Waals surface area (Å²) >= 11 is 1.60. The van der Waals surface area contributed by atoms with Gasteiger partial charge in [-0.15, -0.1) is 0 Å². The van der Waals surface area contributed by atoms with Crippen LogP contribution in [0.2, 0.25) is 0 Å². The first kappa shape index (κ1) is 26.1. The average molecular weight is 483 g/mol. The highest BCUT2D eigenvalue weighted by molar-refractivity contribution is 7.99. The van der Waals surface area contributed by atoms with Gasteiger partial charge < -0.3 is 10.4 Å². The number of carboxylic acid groups (broad SMARTS) is 1. The summed E-state index contributed by atoms with van der Waals surface area (Å²) in [7, 11) is 0. The summed E-state index contributed by atoms with van der Waals surface area (Å²) in [5, 5.41) is 12.3. The molecular weight excluding hydrogens is 444 g/mol. The molecule has 0 aliphatic heterocycles. The van der Waals surface area contributed by atoms with Crippen LogP contribution >= 0.6 is 11.8 Å². The number of anilines is 1. The minimum atomic E-state index is -0.826. The SMILES string of the molecule is CCCCCCCN(C(=O)NC1CCCCC1)c1ccc(Sc2cccc(CC(=O)O)c2)cc1. The molecule has 2 N–H and O–H groups in total. The average Bonchev–Trinajstić information content (AvgIpc) is 2.82. The van der Waals surface area contributed by atoms with E-state index in [1.165, 1.54) is 38.5 Å². The summed E-state index contributed by atoms with van der Waals surface area (Å²) in [6, 6.07) is 16.1. The Morgan fingerprint density at radius 3 is 2.41 bits per heavy atom. The van der Waals surface area contributed by atoms with Gasteiger partial charge in [-0.3, -0.25) is 9.69 Å². The first-order valence-electron chi connectivity index (χ1n) is 12.7. The maximum absolute atomic E-state index is 13.2. The molecule has 1 fully saturated rings. The molecule has 1 aliphatic rings. The predicted molar refractivity (Wildman–Crippen MR) is 140 cm³/mol. The fraction of sp³-hybridized carbons (Fsp3) is 0.500. The van der Waals surface area contributed by atoms with Crippen molar-refractivity contribution in [3.05, 3.63) is 54.1 Å². The molecule has 0 heterocycles. The van der Waals surface area contributed by atoms with Crippen molar-refractivity contribution in [3.63, 3.8) is 0 Å². The number of nitrogens with zero attached hydrogens (tertiary/aromatic N) is 1. The lowest BCUT2D eigenvalue weighted by molar-refractivity contribution is -0.136. The molecule has 0 unspecified atom stereocenters. The van der Waals surface area contributed by atoms with E-state index in [1.807, 2.05) is 53.4 Å². The fourth-order valence-electron chi connectivity index (χ4n) is 4.44. The first-order chi connectivity index (χ1) is 16.5. The molecule has 0 saturated heterocycles. The predicted octanol–water partition coefficient (Wildman–Crippen LogP) is 7.28. The molecule has 0 radical (unpaired) electrons. The summed E-state index contributed by atoms with van der Waals surface area (Å²) < 4.78 is 0. The quantitative estimate of drug-likeness (QED) is 0.312. The maximum Gasteiger partial charge on any atom is 0.322 e. The number of unbranched alkanes of at least 4 members (excludes halogenated alkanes) is 4. The number of carboxylic acids is 1. The Bertz CT molecular complexity index is 910. The summed E-state index contributed by atoms with van der Waals surface area (Å²) in [5.41, 5.74) is 1.72. The van der Waals surface area contributed by atoms with Crippen LogP contribution in [0.15, 0.2) is 58.3 Å². The molecule has 2 aromatic rings. The molecule has 1 saturated carbocycles. The van der Waals surface area contributed by atoms with Crippen LogP contribution in [-0.2, 0) is 11.2 Å². The van der Waals surface area contributed by atoms with Crippen molar-refractivity contribution < 1.29 is 14.7 Å². The third kappa shape index (κ3) is 8.71. The van der Waals surface area contributed by atoms with Gasteiger partial charge in [0.25, 0.3) is 0 Å². The van der Waals surface area contributed by atoms with E-state index in [1.54, 1.807) is 11.8 Å². The number of nitrogens with one attached hydrogen (secondary N) is 1. The molecular formula is C28H38N2O3S. The highest BCUT2D eigenvalue weighted by atomic mass is 32.2. The molecule has 34 heavy (non-hydrogen) atoms. The Hall–Kier alpha value is -2.47. The van der Waals surface area contributed by atoms with Crippen molar-refractivity contribution in [2.75, 3.05) is 11.4 Å². The topological polar surface area (TPSA) is 69.6 Å². The van der Waals surface area contributed by atoms with Crippen LogP contribution in [0.5, 0.6) is 0 Å². The normalized spacial score (nSPS) is 14.0. The zero-order chi connectivity index (χ0) is 24.2. The zero-order valence-electron chi connectivity index (χ0n) is 20.3. The number of hydrogen-bond acceptors (Lipinski definition) is 3. The lowest BCUT2D eigenvalue weighted by atomic mass is 9.96. The van der Waals surface area contributed by atoms with E-state index < -0.39 is 5.97 Å². The smallest absolute Gasteiger partial charge is 0.322 e. The summed E-state index contributed by atoms with van der Waals surface area (Å²) in [5.74, 6) is -0.826. The number of urea groups is 1. The number of carbonyl (C=O) groups is 2. The van der Waals surface area contributed by atoms with Crippen molar-refractivity contribution in [1.82, 2.24) is 5.32 Å². The van der Waals surface area contributed by atoms with Gasteiger partial charge in [0.1, 0.15) is 0 Å². The number of rotatable bonds is 12. The number of amides is 2. The standard InChI is InChI=1S/C28H38N2O3S/c1-2-3-4-5-9-19-30(28(33)29-23-12-7-6-8-13-23)24-15-17-25(18-16-24)34-26-14-10-11-22(20-26)21-27(31)32/h10-11,14-18,20,23H,2-9,12-13,19,21H2,1H3,(H,29,33)(H,31,32). The van der Waals surface area contributed by atoms with Gasteiger partial charge in [0, 0.05) is 28.1 Å². The highest BCUT2D eigenvalue weighted by Gasteiger charge is 2.21. The lowest BCUT2D eigenvalue weighted by Crippen LogP contribution is -2.46. The minimum Gasteiger partial charge on any atom is -0.481 e. The van der Waals surface area contributed by atoms with E-state index in [0.29, 0.717) is 0 Å². The number of benzene rings is 2. The molecule has 0 bridgehead atoms. The van der Waals surface area contributed by atoms with Crippen LogP contribution in [0, 0.1) is 0 Å². The number of aliphatic carboxylic acids is 1.